The third kappa shape index (κ3) is 5.14. The smallest absolute Gasteiger partial charge is 0.270 e. The van der Waals surface area contributed by atoms with E-state index >= 15 is 0 Å². The largest absolute Gasteiger partial charge is 0.373 e. The summed E-state index contributed by atoms with van der Waals surface area (Å²) >= 11 is 0. The lowest BCUT2D eigenvalue weighted by Crippen LogP contribution is -2.33. The maximum atomic E-state index is 13.0. The fraction of sp³-hybridized carbons (Fsp3) is 0.462. The van der Waals surface area contributed by atoms with E-state index in [1.165, 1.54) is 0 Å². The van der Waals surface area contributed by atoms with Gasteiger partial charge >= 0.3 is 0 Å². The summed E-state index contributed by atoms with van der Waals surface area (Å²) in [6.45, 7) is 3.26. The molecular weight excluding hydrogens is 446 g/mol. The number of aliphatic hydroxyl groups is 1. The zero-order valence-electron chi connectivity index (χ0n) is 20.2. The normalized spacial score (nSPS) is 19.9. The van der Waals surface area contributed by atoms with Gasteiger partial charge < -0.3 is 25.6 Å². The summed E-state index contributed by atoms with van der Waals surface area (Å²) in [5.41, 5.74) is 8.27. The molecule has 184 valence electrons. The second-order valence-corrected chi connectivity index (χ2v) is 9.48. The lowest BCUT2D eigenvalue weighted by Gasteiger charge is -2.35. The van der Waals surface area contributed by atoms with Gasteiger partial charge in [0.2, 0.25) is 0 Å². The van der Waals surface area contributed by atoms with Crippen molar-refractivity contribution in [2.24, 2.45) is 5.73 Å². The molecule has 2 amide bonds. The van der Waals surface area contributed by atoms with Crippen LogP contribution < -0.4 is 11.1 Å². The molecule has 4 N–H and O–H groups in total. The molecule has 0 radical (unpaired) electrons. The van der Waals surface area contributed by atoms with Crippen LogP contribution in [0.25, 0.3) is 11.4 Å². The van der Waals surface area contributed by atoms with Crippen LogP contribution in [0.5, 0.6) is 0 Å². The number of carbonyl (C=O) groups excluding carboxylic acids is 3. The summed E-state index contributed by atoms with van der Waals surface area (Å²) in [5.74, 6) is 5.07. The minimum atomic E-state index is -1.35. The fourth-order valence-corrected chi connectivity index (χ4v) is 4.28. The monoisotopic (exact) mass is 477 g/mol. The van der Waals surface area contributed by atoms with E-state index in [9.17, 15) is 19.5 Å². The Kier molecular flexibility index (Phi) is 7.05. The van der Waals surface area contributed by atoms with Crippen molar-refractivity contribution in [3.8, 4) is 23.2 Å². The average Bonchev–Trinajstić information content (AvgIpc) is 3.57. The Balaban J connectivity index is 0.000000527. The van der Waals surface area contributed by atoms with E-state index in [4.69, 9.17) is 5.73 Å². The van der Waals surface area contributed by atoms with Crippen LogP contribution >= 0.6 is 0 Å². The van der Waals surface area contributed by atoms with Crippen molar-refractivity contribution in [2.75, 3.05) is 20.6 Å². The number of aldehydes is 1. The number of nitrogens with one attached hydrogen (secondary N) is 1. The number of hydrogen-bond donors (Lipinski definition) is 3. The Hall–Kier alpha value is -3.48. The van der Waals surface area contributed by atoms with E-state index in [2.05, 4.69) is 48.1 Å². The van der Waals surface area contributed by atoms with Crippen LogP contribution in [0.15, 0.2) is 18.2 Å². The molecule has 2 aliphatic heterocycles. The van der Waals surface area contributed by atoms with Crippen LogP contribution in [0.4, 0.5) is 0 Å². The minimum absolute atomic E-state index is 0.0210. The highest BCUT2D eigenvalue weighted by Gasteiger charge is 2.43. The van der Waals surface area contributed by atoms with Crippen molar-refractivity contribution >= 4 is 18.1 Å². The maximum absolute atomic E-state index is 13.0. The summed E-state index contributed by atoms with van der Waals surface area (Å²) in [4.78, 5) is 42.3. The SMILES string of the molecule is CCN(C)C.NC(=O)c1nc2n(c1C(=O)NC1CC1)C1CC(C1)c1ccc(C#CC(O)C=O)cc1-2. The van der Waals surface area contributed by atoms with Crippen LogP contribution in [0, 0.1) is 11.8 Å². The Morgan fingerprint density at radius 3 is 2.60 bits per heavy atom. The van der Waals surface area contributed by atoms with Gasteiger partial charge in [0.15, 0.2) is 18.1 Å². The number of carbonyl (C=O) groups is 3. The highest BCUT2D eigenvalue weighted by Crippen LogP contribution is 2.52. The fourth-order valence-electron chi connectivity index (χ4n) is 4.28. The first-order valence-corrected chi connectivity index (χ1v) is 11.9. The summed E-state index contributed by atoms with van der Waals surface area (Å²) in [5, 5.41) is 12.3. The highest BCUT2D eigenvalue weighted by molar-refractivity contribution is 6.05. The molecule has 9 nitrogen and oxygen atoms in total. The lowest BCUT2D eigenvalue weighted by atomic mass is 9.75. The topological polar surface area (TPSA) is 131 Å². The van der Waals surface area contributed by atoms with Crippen LogP contribution in [-0.2, 0) is 4.79 Å². The molecule has 1 aromatic carbocycles. The van der Waals surface area contributed by atoms with Gasteiger partial charge in [0, 0.05) is 23.2 Å². The zero-order chi connectivity index (χ0) is 25.3. The van der Waals surface area contributed by atoms with Crippen molar-refractivity contribution in [2.45, 2.75) is 56.7 Å². The number of nitrogens with zero attached hydrogens (tertiary/aromatic N) is 3. The second-order valence-electron chi connectivity index (χ2n) is 9.48. The molecule has 9 heteroatoms. The van der Waals surface area contributed by atoms with Gasteiger partial charge in [0.05, 0.1) is 0 Å². The summed E-state index contributed by atoms with van der Waals surface area (Å²) in [6.07, 6.45) is 2.59. The summed E-state index contributed by atoms with van der Waals surface area (Å²) < 4.78 is 1.86. The molecule has 2 bridgehead atoms. The van der Waals surface area contributed by atoms with Gasteiger partial charge in [0.1, 0.15) is 11.5 Å². The number of primary amides is 1. The van der Waals surface area contributed by atoms with E-state index in [1.54, 1.807) is 0 Å². The molecule has 35 heavy (non-hydrogen) atoms. The number of aliphatic hydroxyl groups excluding tert-OH is 1. The first kappa shape index (κ1) is 24.6. The van der Waals surface area contributed by atoms with E-state index in [-0.39, 0.29) is 29.4 Å². The van der Waals surface area contributed by atoms with E-state index in [0.29, 0.717) is 23.6 Å². The molecular formula is C26H31N5O4. The Morgan fingerprint density at radius 1 is 1.34 bits per heavy atom. The molecule has 3 heterocycles. The predicted octanol–water partition coefficient (Wildman–Crippen LogP) is 1.45. The van der Waals surface area contributed by atoms with E-state index in [0.717, 1.165) is 43.4 Å². The molecule has 2 aliphatic carbocycles. The summed E-state index contributed by atoms with van der Waals surface area (Å²) in [6, 6.07) is 5.84. The van der Waals surface area contributed by atoms with Gasteiger partial charge in [-0.2, -0.15) is 0 Å². The van der Waals surface area contributed by atoms with Crippen LogP contribution in [0.1, 0.15) is 76.7 Å². The maximum Gasteiger partial charge on any atom is 0.270 e. The molecule has 0 saturated heterocycles. The Labute approximate surface area is 204 Å². The van der Waals surface area contributed by atoms with Crippen LogP contribution in [0.3, 0.4) is 0 Å². The van der Waals surface area contributed by atoms with Crippen molar-refractivity contribution in [1.82, 2.24) is 19.8 Å². The van der Waals surface area contributed by atoms with Gasteiger partial charge in [-0.25, -0.2) is 4.98 Å². The second kappa shape index (κ2) is 10.0. The van der Waals surface area contributed by atoms with Gasteiger partial charge in [-0.1, -0.05) is 24.8 Å². The van der Waals surface area contributed by atoms with Crippen LogP contribution in [-0.4, -0.2) is 70.4 Å². The molecule has 6 rings (SSSR count). The van der Waals surface area contributed by atoms with Crippen molar-refractivity contribution < 1.29 is 19.5 Å². The zero-order valence-corrected chi connectivity index (χ0v) is 20.2. The van der Waals surface area contributed by atoms with Gasteiger partial charge in [-0.15, -0.1) is 0 Å². The van der Waals surface area contributed by atoms with Crippen molar-refractivity contribution in [1.29, 1.82) is 0 Å². The summed E-state index contributed by atoms with van der Waals surface area (Å²) in [7, 11) is 4.11. The van der Waals surface area contributed by atoms with Crippen LogP contribution in [0.2, 0.25) is 0 Å². The van der Waals surface area contributed by atoms with Gasteiger partial charge in [-0.05, 0) is 69.9 Å². The van der Waals surface area contributed by atoms with Crippen molar-refractivity contribution in [3.63, 3.8) is 0 Å². The number of nitrogens with two attached hydrogens (primary N) is 1. The highest BCUT2D eigenvalue weighted by atomic mass is 16.3. The number of aromatic nitrogens is 2. The third-order valence-corrected chi connectivity index (χ3v) is 6.61. The molecule has 2 aromatic rings. The number of imidazole rings is 1. The number of rotatable bonds is 5. The molecule has 1 unspecified atom stereocenters. The first-order valence-electron chi connectivity index (χ1n) is 11.9. The number of hydrogen-bond acceptors (Lipinski definition) is 6. The van der Waals surface area contributed by atoms with E-state index < -0.39 is 12.0 Å². The molecule has 0 spiro atoms. The quantitative estimate of drug-likeness (QED) is 0.441. The predicted molar refractivity (Wildman–Crippen MR) is 131 cm³/mol. The first-order chi connectivity index (χ1) is 16.7. The average molecular weight is 478 g/mol. The standard InChI is InChI=1S/C22H20N4O4.C4H11N/c23-20(29)18-19(22(30)24-13-3-4-13)26-14-8-12(9-14)16-6-2-11(1-5-15(28)10-27)7-17(16)21(26)25-18;1-4-5(2)3/h2,6-7,10,12-15,28H,3-4,8-9H2,(H2,23,29)(H,24,30);4H2,1-3H3. The molecule has 4 aliphatic rings. The molecule has 2 saturated carbocycles. The minimum Gasteiger partial charge on any atom is -0.373 e. The lowest BCUT2D eigenvalue weighted by molar-refractivity contribution is -0.112. The van der Waals surface area contributed by atoms with E-state index in [1.807, 2.05) is 22.8 Å². The van der Waals surface area contributed by atoms with Crippen molar-refractivity contribution in [3.05, 3.63) is 40.7 Å². The Morgan fingerprint density at radius 2 is 2.03 bits per heavy atom. The third-order valence-electron chi connectivity index (χ3n) is 6.61. The van der Waals surface area contributed by atoms with Gasteiger partial charge in [0.25, 0.3) is 11.8 Å². The molecule has 1 aromatic heterocycles. The Bertz CT molecular complexity index is 1210. The van der Waals surface area contributed by atoms with Gasteiger partial charge in [-0.3, -0.25) is 14.4 Å². The number of amides is 2. The molecule has 2 fully saturated rings. The molecule has 1 atom stereocenters. The number of benzene rings is 1.